The summed E-state index contributed by atoms with van der Waals surface area (Å²) < 4.78 is 0. The van der Waals surface area contributed by atoms with E-state index in [1.807, 2.05) is 6.92 Å². The molecule has 0 aromatic heterocycles. The second-order valence-corrected chi connectivity index (χ2v) is 6.40. The van der Waals surface area contributed by atoms with Gasteiger partial charge in [-0.2, -0.15) is 5.26 Å². The number of hydrogen-bond acceptors (Lipinski definition) is 3. The van der Waals surface area contributed by atoms with Crippen LogP contribution in [0.5, 0.6) is 0 Å². The fraction of sp³-hybridized carbons (Fsp3) is 0.588. The second-order valence-electron chi connectivity index (χ2n) is 6.40. The summed E-state index contributed by atoms with van der Waals surface area (Å²) in [5.41, 5.74) is 3.53. The monoisotopic (exact) mass is 271 g/mol. The van der Waals surface area contributed by atoms with E-state index in [9.17, 15) is 5.26 Å². The van der Waals surface area contributed by atoms with E-state index >= 15 is 0 Å². The Labute approximate surface area is 122 Å². The van der Waals surface area contributed by atoms with Gasteiger partial charge in [-0.1, -0.05) is 17.7 Å². The number of fused-ring (bicyclic) bond motifs is 1. The number of anilines is 1. The lowest BCUT2D eigenvalue weighted by atomic mass is 9.96. The lowest BCUT2D eigenvalue weighted by Crippen LogP contribution is -2.53. The third-order valence-electron chi connectivity index (χ3n) is 3.81. The zero-order valence-corrected chi connectivity index (χ0v) is 13.0. The number of benzene rings is 1. The largest absolute Gasteiger partial charge is 0.368 e. The predicted molar refractivity (Wildman–Crippen MR) is 84.0 cm³/mol. The van der Waals surface area contributed by atoms with E-state index in [4.69, 9.17) is 0 Å². The van der Waals surface area contributed by atoms with E-state index in [0.29, 0.717) is 6.04 Å². The Morgan fingerprint density at radius 2 is 2.20 bits per heavy atom. The van der Waals surface area contributed by atoms with Gasteiger partial charge in [-0.05, 0) is 52.2 Å². The Balaban J connectivity index is 2.21. The zero-order chi connectivity index (χ0) is 14.8. The molecular formula is C17H25N3. The van der Waals surface area contributed by atoms with Crippen molar-refractivity contribution in [3.8, 4) is 6.07 Å². The van der Waals surface area contributed by atoms with Crippen LogP contribution in [0, 0.1) is 18.3 Å². The van der Waals surface area contributed by atoms with Crippen molar-refractivity contribution in [1.82, 2.24) is 5.32 Å². The number of hydrogen-bond donors (Lipinski definition) is 1. The number of nitrogens with zero attached hydrogens (tertiary/aromatic N) is 2. The van der Waals surface area contributed by atoms with Crippen molar-refractivity contribution < 1.29 is 0 Å². The molecule has 0 spiro atoms. The second kappa shape index (κ2) is 5.85. The Kier molecular flexibility index (Phi) is 4.35. The molecule has 1 aliphatic heterocycles. The van der Waals surface area contributed by atoms with Crippen molar-refractivity contribution in [1.29, 1.82) is 5.26 Å². The van der Waals surface area contributed by atoms with Crippen molar-refractivity contribution in [2.24, 2.45) is 0 Å². The molecule has 3 nitrogen and oxygen atoms in total. The number of aryl methyl sites for hydroxylation is 2. The van der Waals surface area contributed by atoms with Crippen LogP contribution in [0.1, 0.15) is 38.3 Å². The maximum atomic E-state index is 9.52. The summed E-state index contributed by atoms with van der Waals surface area (Å²) in [6, 6.07) is 9.40. The molecule has 0 amide bonds. The fourth-order valence-corrected chi connectivity index (χ4v) is 3.10. The maximum absolute atomic E-state index is 9.52. The molecule has 1 aliphatic rings. The molecule has 0 bridgehead atoms. The van der Waals surface area contributed by atoms with Gasteiger partial charge in [0.15, 0.2) is 0 Å². The fourth-order valence-electron chi connectivity index (χ4n) is 3.10. The first-order valence-electron chi connectivity index (χ1n) is 7.47. The molecule has 1 heterocycles. The van der Waals surface area contributed by atoms with Crippen LogP contribution in [0.4, 0.5) is 5.69 Å². The highest BCUT2D eigenvalue weighted by Crippen LogP contribution is 2.29. The summed E-state index contributed by atoms with van der Waals surface area (Å²) >= 11 is 0. The van der Waals surface area contributed by atoms with E-state index in [1.54, 1.807) is 0 Å². The SMILES string of the molecule is Cc1ccc2c(c1)CCCN2CC(C)(C#N)NC(C)C. The first-order valence-corrected chi connectivity index (χ1v) is 7.47. The summed E-state index contributed by atoms with van der Waals surface area (Å²) in [4.78, 5) is 2.36. The molecule has 0 fully saturated rings. The van der Waals surface area contributed by atoms with Crippen LogP contribution in [0.2, 0.25) is 0 Å². The highest BCUT2D eigenvalue weighted by atomic mass is 15.2. The van der Waals surface area contributed by atoms with Gasteiger partial charge in [0.1, 0.15) is 5.54 Å². The minimum absolute atomic E-state index is 0.307. The van der Waals surface area contributed by atoms with E-state index in [2.05, 4.69) is 55.3 Å². The van der Waals surface area contributed by atoms with Crippen molar-refractivity contribution >= 4 is 5.69 Å². The summed E-state index contributed by atoms with van der Waals surface area (Å²) in [5.74, 6) is 0. The van der Waals surface area contributed by atoms with Crippen LogP contribution < -0.4 is 10.2 Å². The molecule has 0 saturated carbocycles. The smallest absolute Gasteiger partial charge is 0.121 e. The quantitative estimate of drug-likeness (QED) is 0.915. The predicted octanol–water partition coefficient (Wildman–Crippen LogP) is 3.03. The zero-order valence-electron chi connectivity index (χ0n) is 13.0. The van der Waals surface area contributed by atoms with E-state index < -0.39 is 5.54 Å². The van der Waals surface area contributed by atoms with Gasteiger partial charge in [-0.3, -0.25) is 5.32 Å². The Morgan fingerprint density at radius 3 is 2.85 bits per heavy atom. The highest BCUT2D eigenvalue weighted by Gasteiger charge is 2.29. The Bertz CT molecular complexity index is 515. The van der Waals surface area contributed by atoms with Gasteiger partial charge in [-0.15, -0.1) is 0 Å². The molecule has 1 atom stereocenters. The van der Waals surface area contributed by atoms with Gasteiger partial charge in [0, 0.05) is 24.8 Å². The van der Waals surface area contributed by atoms with E-state index in [-0.39, 0.29) is 0 Å². The molecule has 1 aromatic rings. The maximum Gasteiger partial charge on any atom is 0.121 e. The van der Waals surface area contributed by atoms with Gasteiger partial charge in [-0.25, -0.2) is 0 Å². The van der Waals surface area contributed by atoms with Gasteiger partial charge >= 0.3 is 0 Å². The van der Waals surface area contributed by atoms with Crippen molar-refractivity contribution in [2.75, 3.05) is 18.0 Å². The summed E-state index contributed by atoms with van der Waals surface area (Å²) in [7, 11) is 0. The van der Waals surface area contributed by atoms with Gasteiger partial charge < -0.3 is 4.90 Å². The van der Waals surface area contributed by atoms with Crippen molar-refractivity contribution in [2.45, 2.75) is 52.1 Å². The van der Waals surface area contributed by atoms with Gasteiger partial charge in [0.25, 0.3) is 0 Å². The molecule has 108 valence electrons. The highest BCUT2D eigenvalue weighted by molar-refractivity contribution is 5.57. The molecule has 0 aliphatic carbocycles. The average Bonchev–Trinajstić information content (AvgIpc) is 2.37. The third-order valence-corrected chi connectivity index (χ3v) is 3.81. The van der Waals surface area contributed by atoms with Crippen LogP contribution in [0.15, 0.2) is 18.2 Å². The lowest BCUT2D eigenvalue weighted by molar-refractivity contribution is 0.400. The van der Waals surface area contributed by atoms with Crippen LogP contribution in [0.25, 0.3) is 0 Å². The van der Waals surface area contributed by atoms with Gasteiger partial charge in [0.2, 0.25) is 0 Å². The third kappa shape index (κ3) is 3.32. The summed E-state index contributed by atoms with van der Waals surface area (Å²) in [6.07, 6.45) is 2.31. The molecule has 0 radical (unpaired) electrons. The van der Waals surface area contributed by atoms with Crippen LogP contribution >= 0.6 is 0 Å². The first-order chi connectivity index (χ1) is 9.43. The topological polar surface area (TPSA) is 39.1 Å². The van der Waals surface area contributed by atoms with Crippen LogP contribution in [0.3, 0.4) is 0 Å². The van der Waals surface area contributed by atoms with Gasteiger partial charge in [0.05, 0.1) is 6.07 Å². The Hall–Kier alpha value is -1.53. The molecule has 20 heavy (non-hydrogen) atoms. The van der Waals surface area contributed by atoms with Crippen LogP contribution in [-0.4, -0.2) is 24.7 Å². The van der Waals surface area contributed by atoms with E-state index in [0.717, 1.165) is 19.5 Å². The molecular weight excluding hydrogens is 246 g/mol. The molecule has 0 saturated heterocycles. The minimum atomic E-state index is -0.506. The molecule has 3 heteroatoms. The number of nitrogens with one attached hydrogen (secondary N) is 1. The summed E-state index contributed by atoms with van der Waals surface area (Å²) in [5, 5.41) is 12.9. The Morgan fingerprint density at radius 1 is 1.45 bits per heavy atom. The standard InChI is InChI=1S/C17H25N3/c1-13(2)19-17(4,11-18)12-20-9-5-6-15-10-14(3)7-8-16(15)20/h7-8,10,13,19H,5-6,9,12H2,1-4H3. The lowest BCUT2D eigenvalue weighted by Gasteiger charge is -2.37. The van der Waals surface area contributed by atoms with Crippen molar-refractivity contribution in [3.05, 3.63) is 29.3 Å². The van der Waals surface area contributed by atoms with Crippen molar-refractivity contribution in [3.63, 3.8) is 0 Å². The van der Waals surface area contributed by atoms with E-state index in [1.165, 1.54) is 23.2 Å². The minimum Gasteiger partial charge on any atom is -0.368 e. The number of rotatable bonds is 4. The molecule has 1 N–H and O–H groups in total. The normalized spacial score (nSPS) is 17.5. The molecule has 2 rings (SSSR count). The first kappa shape index (κ1) is 14.9. The molecule has 1 unspecified atom stereocenters. The average molecular weight is 271 g/mol. The van der Waals surface area contributed by atoms with Crippen LogP contribution in [-0.2, 0) is 6.42 Å². The number of nitriles is 1. The summed E-state index contributed by atoms with van der Waals surface area (Å²) in [6.45, 7) is 10.1. The molecule has 1 aromatic carbocycles.